The molecule has 4 aliphatic rings. The fourth-order valence-electron chi connectivity index (χ4n) is 4.27. The van der Waals surface area contributed by atoms with E-state index in [2.05, 4.69) is 0 Å². The first-order valence-corrected chi connectivity index (χ1v) is 8.14. The quantitative estimate of drug-likeness (QED) is 0.584. The molecule has 0 aromatic heterocycles. The number of imide groups is 1. The molecule has 7 nitrogen and oxygen atoms in total. The van der Waals surface area contributed by atoms with Crippen LogP contribution in [0.2, 0.25) is 0 Å². The first kappa shape index (κ1) is 14.8. The van der Waals surface area contributed by atoms with E-state index in [1.54, 1.807) is 24.3 Å². The van der Waals surface area contributed by atoms with Crippen LogP contribution < -0.4 is 4.90 Å². The molecule has 0 aliphatic carbocycles. The molecule has 0 N–H and O–H groups in total. The molecule has 4 aliphatic heterocycles. The monoisotopic (exact) mass is 338 g/mol. The summed E-state index contributed by atoms with van der Waals surface area (Å²) in [4.78, 5) is 27.3. The van der Waals surface area contributed by atoms with E-state index < -0.39 is 29.8 Å². The van der Waals surface area contributed by atoms with Gasteiger partial charge in [0.25, 0.3) is 0 Å². The van der Waals surface area contributed by atoms with Crippen LogP contribution in [0.4, 0.5) is 5.69 Å². The maximum atomic E-state index is 13.1. The molecule has 2 amide bonds. The number of carbonyl (C=O) groups is 2. The molecule has 7 heteroatoms. The lowest BCUT2D eigenvalue weighted by Gasteiger charge is -2.32. The summed E-state index contributed by atoms with van der Waals surface area (Å²) in [6.07, 6.45) is 2.50. The Balaban J connectivity index is 1.54. The average molecular weight is 338 g/mol. The molecule has 1 aromatic carbocycles. The summed E-state index contributed by atoms with van der Waals surface area (Å²) < 4.78 is 17.2. The number of anilines is 1. The fraction of sp³-hybridized carbons (Fsp3) is 0.389. The minimum atomic E-state index is -1.04. The summed E-state index contributed by atoms with van der Waals surface area (Å²) in [5.41, 5.74) is -0.108. The average Bonchev–Trinajstić information content (AvgIpc) is 3.39. The molecule has 25 heavy (non-hydrogen) atoms. The van der Waals surface area contributed by atoms with Crippen LogP contribution in [-0.2, 0) is 23.8 Å². The normalized spacial score (nSPS) is 36.3. The van der Waals surface area contributed by atoms with Gasteiger partial charge >= 0.3 is 0 Å². The zero-order valence-corrected chi connectivity index (χ0v) is 13.1. The Morgan fingerprint density at radius 2 is 1.84 bits per heavy atom. The van der Waals surface area contributed by atoms with Gasteiger partial charge in [-0.3, -0.25) is 9.59 Å². The van der Waals surface area contributed by atoms with Crippen molar-refractivity contribution in [2.75, 3.05) is 18.1 Å². The van der Waals surface area contributed by atoms with Crippen molar-refractivity contribution in [1.29, 1.82) is 5.26 Å². The van der Waals surface area contributed by atoms with E-state index in [9.17, 15) is 9.59 Å². The Morgan fingerprint density at radius 3 is 2.52 bits per heavy atom. The Kier molecular flexibility index (Phi) is 2.95. The van der Waals surface area contributed by atoms with Crippen molar-refractivity contribution < 1.29 is 23.8 Å². The SMILES string of the molecule is N#Cc1ccc(N2C(=O)[C@@H]3[C@H]4C=C[C@@](C5OCCO5)(O4)[C@H]3C2=O)cc1. The summed E-state index contributed by atoms with van der Waals surface area (Å²) in [5.74, 6) is -1.82. The van der Waals surface area contributed by atoms with Gasteiger partial charge in [0, 0.05) is 0 Å². The Morgan fingerprint density at radius 1 is 1.12 bits per heavy atom. The molecule has 2 bridgehead atoms. The minimum Gasteiger partial charge on any atom is -0.357 e. The van der Waals surface area contributed by atoms with Gasteiger partial charge in [-0.25, -0.2) is 4.90 Å². The molecule has 4 atom stereocenters. The fourth-order valence-corrected chi connectivity index (χ4v) is 4.27. The Labute approximate surface area is 143 Å². The van der Waals surface area contributed by atoms with E-state index in [0.717, 1.165) is 0 Å². The summed E-state index contributed by atoms with van der Waals surface area (Å²) in [6, 6.07) is 8.43. The van der Waals surface area contributed by atoms with Crippen LogP contribution in [0.1, 0.15) is 5.56 Å². The number of nitrogens with zero attached hydrogens (tertiary/aromatic N) is 2. The molecule has 4 heterocycles. The van der Waals surface area contributed by atoms with Crippen molar-refractivity contribution in [2.45, 2.75) is 18.0 Å². The second kappa shape index (κ2) is 4.99. The van der Waals surface area contributed by atoms with Crippen molar-refractivity contribution in [3.05, 3.63) is 42.0 Å². The van der Waals surface area contributed by atoms with Crippen LogP contribution in [0.3, 0.4) is 0 Å². The minimum absolute atomic E-state index is 0.283. The second-order valence-electron chi connectivity index (χ2n) is 6.54. The van der Waals surface area contributed by atoms with Crippen molar-refractivity contribution >= 4 is 17.5 Å². The number of rotatable bonds is 2. The third kappa shape index (κ3) is 1.79. The topological polar surface area (TPSA) is 88.9 Å². The smallest absolute Gasteiger partial charge is 0.241 e. The lowest BCUT2D eigenvalue weighted by Crippen LogP contribution is -2.49. The van der Waals surface area contributed by atoms with Crippen molar-refractivity contribution in [3.63, 3.8) is 0 Å². The largest absolute Gasteiger partial charge is 0.357 e. The van der Waals surface area contributed by atoms with E-state index in [1.807, 2.05) is 18.2 Å². The number of amides is 2. The van der Waals surface area contributed by atoms with Gasteiger partial charge in [0.1, 0.15) is 0 Å². The highest BCUT2D eigenvalue weighted by Gasteiger charge is 2.71. The van der Waals surface area contributed by atoms with Crippen molar-refractivity contribution in [3.8, 4) is 6.07 Å². The number of hydrogen-bond donors (Lipinski definition) is 0. The summed E-state index contributed by atoms with van der Waals surface area (Å²) >= 11 is 0. The van der Waals surface area contributed by atoms with Gasteiger partial charge in [0.2, 0.25) is 11.8 Å². The van der Waals surface area contributed by atoms with Crippen LogP contribution in [-0.4, -0.2) is 43.0 Å². The number of fused-ring (bicyclic) bond motifs is 5. The summed E-state index contributed by atoms with van der Waals surface area (Å²) in [5, 5.41) is 8.91. The third-order valence-corrected chi connectivity index (χ3v) is 5.32. The Bertz CT molecular complexity index is 836. The van der Waals surface area contributed by atoms with E-state index in [1.165, 1.54) is 4.90 Å². The first-order valence-electron chi connectivity index (χ1n) is 8.14. The van der Waals surface area contributed by atoms with E-state index in [4.69, 9.17) is 19.5 Å². The highest BCUT2D eigenvalue weighted by molar-refractivity contribution is 6.23. The molecule has 0 unspecified atom stereocenters. The maximum Gasteiger partial charge on any atom is 0.241 e. The molecule has 0 saturated carbocycles. The number of ether oxygens (including phenoxy) is 3. The lowest BCUT2D eigenvalue weighted by atomic mass is 9.76. The lowest BCUT2D eigenvalue weighted by molar-refractivity contribution is -0.180. The zero-order valence-electron chi connectivity index (χ0n) is 13.1. The van der Waals surface area contributed by atoms with Crippen molar-refractivity contribution in [1.82, 2.24) is 0 Å². The molecule has 3 fully saturated rings. The molecule has 0 radical (unpaired) electrons. The number of benzene rings is 1. The molecule has 5 rings (SSSR count). The predicted octanol–water partition coefficient (Wildman–Crippen LogP) is 0.744. The van der Waals surface area contributed by atoms with Gasteiger partial charge < -0.3 is 14.2 Å². The number of carbonyl (C=O) groups excluding carboxylic acids is 2. The highest BCUT2D eigenvalue weighted by atomic mass is 16.7. The number of hydrogen-bond acceptors (Lipinski definition) is 6. The second-order valence-corrected chi connectivity index (χ2v) is 6.54. The van der Waals surface area contributed by atoms with Crippen LogP contribution in [0.5, 0.6) is 0 Å². The van der Waals surface area contributed by atoms with Crippen LogP contribution in [0, 0.1) is 23.2 Å². The maximum absolute atomic E-state index is 13.1. The highest BCUT2D eigenvalue weighted by Crippen LogP contribution is 2.55. The third-order valence-electron chi connectivity index (χ3n) is 5.32. The van der Waals surface area contributed by atoms with Gasteiger partial charge in [-0.1, -0.05) is 6.08 Å². The molecule has 0 spiro atoms. The van der Waals surface area contributed by atoms with Gasteiger partial charge in [-0.15, -0.1) is 0 Å². The first-order chi connectivity index (χ1) is 12.2. The standard InChI is InChI=1S/C18H14N2O5/c19-9-10-1-3-11(4-2-10)20-15(21)13-12-5-6-18(25-12,14(13)16(20)22)17-23-7-8-24-17/h1-6,12-14,17H,7-8H2/t12-,13-,14-,18-/m1/s1. The van der Waals surface area contributed by atoms with Gasteiger partial charge in [-0.2, -0.15) is 5.26 Å². The molecular weight excluding hydrogens is 324 g/mol. The van der Waals surface area contributed by atoms with Crippen LogP contribution >= 0.6 is 0 Å². The summed E-state index contributed by atoms with van der Waals surface area (Å²) in [6.45, 7) is 0.875. The summed E-state index contributed by atoms with van der Waals surface area (Å²) in [7, 11) is 0. The van der Waals surface area contributed by atoms with Gasteiger partial charge in [0.05, 0.1) is 48.5 Å². The Hall–Kier alpha value is -2.53. The van der Waals surface area contributed by atoms with Crippen molar-refractivity contribution in [2.24, 2.45) is 11.8 Å². The molecule has 3 saturated heterocycles. The zero-order chi connectivity index (χ0) is 17.2. The van der Waals surface area contributed by atoms with E-state index >= 15 is 0 Å². The van der Waals surface area contributed by atoms with Crippen LogP contribution in [0.15, 0.2) is 36.4 Å². The molecule has 1 aromatic rings. The van der Waals surface area contributed by atoms with Gasteiger partial charge in [0.15, 0.2) is 11.9 Å². The molecule has 126 valence electrons. The number of nitriles is 1. The van der Waals surface area contributed by atoms with Gasteiger partial charge in [-0.05, 0) is 30.3 Å². The van der Waals surface area contributed by atoms with Crippen LogP contribution in [0.25, 0.3) is 0 Å². The van der Waals surface area contributed by atoms with E-state index in [-0.39, 0.29) is 11.8 Å². The predicted molar refractivity (Wildman–Crippen MR) is 83.1 cm³/mol. The van der Waals surface area contributed by atoms with E-state index in [0.29, 0.717) is 24.5 Å². The molecular formula is C18H14N2O5.